The summed E-state index contributed by atoms with van der Waals surface area (Å²) in [5.41, 5.74) is 0.988. The smallest absolute Gasteiger partial charge is 0.261 e. The highest BCUT2D eigenvalue weighted by Gasteiger charge is 2.08. The molecule has 0 aliphatic carbocycles. The molecule has 0 aromatic heterocycles. The van der Waals surface area contributed by atoms with Gasteiger partial charge < -0.3 is 10.1 Å². The molecular weight excluding hydrogens is 250 g/mol. The van der Waals surface area contributed by atoms with Crippen molar-refractivity contribution < 1.29 is 13.2 Å². The van der Waals surface area contributed by atoms with Crippen LogP contribution in [0.15, 0.2) is 29.2 Å². The van der Waals surface area contributed by atoms with E-state index in [1.807, 2.05) is 0 Å². The first kappa shape index (κ1) is 13.2. The van der Waals surface area contributed by atoms with Crippen molar-refractivity contribution in [2.75, 3.05) is 13.1 Å². The lowest BCUT2D eigenvalue weighted by molar-refractivity contribution is -0.107. The fourth-order valence-electron chi connectivity index (χ4n) is 1.21. The first-order chi connectivity index (χ1) is 7.54. The predicted molar refractivity (Wildman–Crippen MR) is 62.1 cm³/mol. The van der Waals surface area contributed by atoms with E-state index in [9.17, 15) is 13.2 Å². The Morgan fingerprint density at radius 3 is 2.38 bits per heavy atom. The lowest BCUT2D eigenvalue weighted by atomic mass is 10.1. The lowest BCUT2D eigenvalue weighted by Gasteiger charge is -2.02. The Labute approximate surface area is 99.0 Å². The van der Waals surface area contributed by atoms with Crippen LogP contribution in [-0.4, -0.2) is 27.8 Å². The topological polar surface area (TPSA) is 63.2 Å². The van der Waals surface area contributed by atoms with Gasteiger partial charge in [0.1, 0.15) is 6.29 Å². The van der Waals surface area contributed by atoms with Gasteiger partial charge in [0.25, 0.3) is 9.05 Å². The SMILES string of the molecule is O=CCNCCc1ccc(S(=O)(=O)Cl)cc1. The first-order valence-corrected chi connectivity index (χ1v) is 7.03. The quantitative estimate of drug-likeness (QED) is 0.470. The summed E-state index contributed by atoms with van der Waals surface area (Å²) in [7, 11) is 1.54. The molecule has 0 fully saturated rings. The molecular formula is C10H12ClNO3S. The molecule has 0 unspecified atom stereocenters. The van der Waals surface area contributed by atoms with Gasteiger partial charge in [0.2, 0.25) is 0 Å². The van der Waals surface area contributed by atoms with E-state index in [0.717, 1.165) is 18.3 Å². The van der Waals surface area contributed by atoms with Gasteiger partial charge in [-0.05, 0) is 30.7 Å². The van der Waals surface area contributed by atoms with Crippen molar-refractivity contribution in [2.45, 2.75) is 11.3 Å². The van der Waals surface area contributed by atoms with E-state index in [-0.39, 0.29) is 4.90 Å². The van der Waals surface area contributed by atoms with Gasteiger partial charge in [-0.2, -0.15) is 0 Å². The molecule has 0 saturated carbocycles. The maximum Gasteiger partial charge on any atom is 0.261 e. The van der Waals surface area contributed by atoms with Gasteiger partial charge >= 0.3 is 0 Å². The molecule has 0 bridgehead atoms. The Kier molecular flexibility index (Phi) is 4.92. The number of carbonyl (C=O) groups excluding carboxylic acids is 1. The summed E-state index contributed by atoms with van der Waals surface area (Å²) in [5, 5.41) is 2.92. The zero-order chi connectivity index (χ0) is 12.0. The number of rotatable bonds is 6. The van der Waals surface area contributed by atoms with E-state index >= 15 is 0 Å². The fraction of sp³-hybridized carbons (Fsp3) is 0.300. The van der Waals surface area contributed by atoms with Gasteiger partial charge in [-0.1, -0.05) is 12.1 Å². The fourth-order valence-corrected chi connectivity index (χ4v) is 1.98. The zero-order valence-corrected chi connectivity index (χ0v) is 10.1. The van der Waals surface area contributed by atoms with Crippen LogP contribution in [0.25, 0.3) is 0 Å². The zero-order valence-electron chi connectivity index (χ0n) is 8.52. The van der Waals surface area contributed by atoms with Crippen molar-refractivity contribution >= 4 is 26.0 Å². The Morgan fingerprint density at radius 2 is 1.88 bits per heavy atom. The number of benzene rings is 1. The van der Waals surface area contributed by atoms with Crippen LogP contribution in [0.3, 0.4) is 0 Å². The van der Waals surface area contributed by atoms with Crippen LogP contribution in [0.5, 0.6) is 0 Å². The van der Waals surface area contributed by atoms with E-state index < -0.39 is 9.05 Å². The Balaban J connectivity index is 2.55. The molecule has 0 saturated heterocycles. The molecule has 0 amide bonds. The van der Waals surface area contributed by atoms with Crippen LogP contribution in [0, 0.1) is 0 Å². The predicted octanol–water partition coefficient (Wildman–Crippen LogP) is 0.945. The molecule has 16 heavy (non-hydrogen) atoms. The minimum absolute atomic E-state index is 0.0961. The number of hydrogen-bond donors (Lipinski definition) is 1. The summed E-state index contributed by atoms with van der Waals surface area (Å²) < 4.78 is 21.9. The second kappa shape index (κ2) is 5.98. The Morgan fingerprint density at radius 1 is 1.25 bits per heavy atom. The lowest BCUT2D eigenvalue weighted by Crippen LogP contribution is -2.19. The maximum absolute atomic E-state index is 11.0. The second-order valence-electron chi connectivity index (χ2n) is 3.20. The van der Waals surface area contributed by atoms with E-state index in [2.05, 4.69) is 5.32 Å². The van der Waals surface area contributed by atoms with Crippen molar-refractivity contribution in [2.24, 2.45) is 0 Å². The summed E-state index contributed by atoms with van der Waals surface area (Å²) in [5.74, 6) is 0. The van der Waals surface area contributed by atoms with E-state index in [0.29, 0.717) is 13.1 Å². The molecule has 1 aromatic rings. The molecule has 1 N–H and O–H groups in total. The summed E-state index contributed by atoms with van der Waals surface area (Å²) in [6.07, 6.45) is 1.53. The largest absolute Gasteiger partial charge is 0.310 e. The van der Waals surface area contributed by atoms with Crippen LogP contribution in [-0.2, 0) is 20.3 Å². The maximum atomic E-state index is 11.0. The van der Waals surface area contributed by atoms with Gasteiger partial charge in [0, 0.05) is 10.7 Å². The molecule has 1 aromatic carbocycles. The second-order valence-corrected chi connectivity index (χ2v) is 5.77. The summed E-state index contributed by atoms with van der Waals surface area (Å²) in [6.45, 7) is 1.000. The summed E-state index contributed by atoms with van der Waals surface area (Å²) in [4.78, 5) is 10.1. The molecule has 6 heteroatoms. The van der Waals surface area contributed by atoms with Crippen molar-refractivity contribution in [3.8, 4) is 0 Å². The average Bonchev–Trinajstić information content (AvgIpc) is 2.24. The van der Waals surface area contributed by atoms with Gasteiger partial charge in [-0.3, -0.25) is 0 Å². The molecule has 0 heterocycles. The summed E-state index contributed by atoms with van der Waals surface area (Å²) in [6, 6.07) is 6.35. The van der Waals surface area contributed by atoms with E-state index in [4.69, 9.17) is 10.7 Å². The minimum atomic E-state index is -3.64. The van der Waals surface area contributed by atoms with Crippen molar-refractivity contribution in [3.05, 3.63) is 29.8 Å². The molecule has 0 atom stereocenters. The van der Waals surface area contributed by atoms with Crippen molar-refractivity contribution in [1.82, 2.24) is 5.32 Å². The van der Waals surface area contributed by atoms with E-state index in [1.165, 1.54) is 12.1 Å². The summed E-state index contributed by atoms with van der Waals surface area (Å²) >= 11 is 0. The van der Waals surface area contributed by atoms with Gasteiger partial charge in [0.15, 0.2) is 0 Å². The highest BCUT2D eigenvalue weighted by atomic mass is 35.7. The number of nitrogens with one attached hydrogen (secondary N) is 1. The van der Waals surface area contributed by atoms with Crippen LogP contribution in [0.4, 0.5) is 0 Å². The minimum Gasteiger partial charge on any atom is -0.310 e. The number of carbonyl (C=O) groups is 1. The normalized spacial score (nSPS) is 11.3. The first-order valence-electron chi connectivity index (χ1n) is 4.72. The third kappa shape index (κ3) is 4.30. The third-order valence-corrected chi connectivity index (χ3v) is 3.39. The van der Waals surface area contributed by atoms with Crippen LogP contribution >= 0.6 is 10.7 Å². The number of aldehydes is 1. The van der Waals surface area contributed by atoms with E-state index in [1.54, 1.807) is 12.1 Å². The standard InChI is InChI=1S/C10H12ClNO3S/c11-16(14,15)10-3-1-9(2-4-10)5-6-12-7-8-13/h1-4,8,12H,5-7H2. The van der Waals surface area contributed by atoms with Crippen LogP contribution in [0.1, 0.15) is 5.56 Å². The number of halogens is 1. The molecule has 0 spiro atoms. The molecule has 4 nitrogen and oxygen atoms in total. The highest BCUT2D eigenvalue weighted by Crippen LogP contribution is 2.15. The monoisotopic (exact) mass is 261 g/mol. The Hall–Kier alpha value is -0.910. The molecule has 0 radical (unpaired) electrons. The molecule has 0 aliphatic rings. The third-order valence-electron chi connectivity index (χ3n) is 2.02. The number of hydrogen-bond acceptors (Lipinski definition) is 4. The van der Waals surface area contributed by atoms with Gasteiger partial charge in [-0.25, -0.2) is 8.42 Å². The molecule has 88 valence electrons. The van der Waals surface area contributed by atoms with Gasteiger partial charge in [0.05, 0.1) is 11.4 Å². The van der Waals surface area contributed by atoms with Crippen LogP contribution < -0.4 is 5.32 Å². The van der Waals surface area contributed by atoms with Crippen LogP contribution in [0.2, 0.25) is 0 Å². The molecule has 1 rings (SSSR count). The molecule has 0 aliphatic heterocycles. The van der Waals surface area contributed by atoms with Crippen molar-refractivity contribution in [1.29, 1.82) is 0 Å². The highest BCUT2D eigenvalue weighted by molar-refractivity contribution is 8.13. The average molecular weight is 262 g/mol. The van der Waals surface area contributed by atoms with Gasteiger partial charge in [-0.15, -0.1) is 0 Å². The Bertz CT molecular complexity index is 442. The van der Waals surface area contributed by atoms with Crippen molar-refractivity contribution in [3.63, 3.8) is 0 Å².